The largest absolute Gasteiger partial charge is 0.486 e. The van der Waals surface area contributed by atoms with Crippen molar-refractivity contribution >= 4 is 0 Å². The number of ether oxygens (including phenoxy) is 2. The average molecular weight is 270 g/mol. The lowest BCUT2D eigenvalue weighted by molar-refractivity contribution is 0.169. The van der Waals surface area contributed by atoms with Crippen molar-refractivity contribution in [1.29, 1.82) is 0 Å². The smallest absolute Gasteiger partial charge is 0.166 e. The van der Waals surface area contributed by atoms with Crippen LogP contribution in [0.4, 0.5) is 0 Å². The maximum absolute atomic E-state index is 6.34. The Hall–Kier alpha value is -2.07. The van der Waals surface area contributed by atoms with Crippen molar-refractivity contribution in [2.24, 2.45) is 5.73 Å². The van der Waals surface area contributed by atoms with Crippen LogP contribution in [0.15, 0.2) is 36.5 Å². The van der Waals surface area contributed by atoms with Gasteiger partial charge in [0, 0.05) is 29.9 Å². The van der Waals surface area contributed by atoms with Gasteiger partial charge in [0.2, 0.25) is 0 Å². The van der Waals surface area contributed by atoms with E-state index in [2.05, 4.69) is 18.0 Å². The molecule has 2 aromatic rings. The van der Waals surface area contributed by atoms with Gasteiger partial charge in [-0.3, -0.25) is 4.98 Å². The van der Waals surface area contributed by atoms with Gasteiger partial charge in [0.05, 0.1) is 0 Å². The summed E-state index contributed by atoms with van der Waals surface area (Å²) in [5, 5.41) is 0. The second kappa shape index (κ2) is 5.51. The summed E-state index contributed by atoms with van der Waals surface area (Å²) in [6.45, 7) is 3.21. The number of pyridine rings is 1. The Morgan fingerprint density at radius 1 is 1.20 bits per heavy atom. The Bertz CT molecular complexity index is 613. The molecule has 4 nitrogen and oxygen atoms in total. The fraction of sp³-hybridized carbons (Fsp3) is 0.312. The van der Waals surface area contributed by atoms with Crippen LogP contribution in [0.2, 0.25) is 0 Å². The van der Waals surface area contributed by atoms with Gasteiger partial charge in [-0.1, -0.05) is 18.2 Å². The Morgan fingerprint density at radius 2 is 2.05 bits per heavy atom. The Kier molecular flexibility index (Phi) is 3.56. The molecule has 1 aromatic heterocycles. The Balaban J connectivity index is 1.88. The third-order valence-corrected chi connectivity index (χ3v) is 3.53. The van der Waals surface area contributed by atoms with E-state index in [-0.39, 0.29) is 6.04 Å². The maximum Gasteiger partial charge on any atom is 0.166 e. The van der Waals surface area contributed by atoms with Gasteiger partial charge in [-0.15, -0.1) is 0 Å². The van der Waals surface area contributed by atoms with Crippen molar-refractivity contribution < 1.29 is 9.47 Å². The molecule has 0 amide bonds. The number of aromatic nitrogens is 1. The third kappa shape index (κ3) is 2.47. The first kappa shape index (κ1) is 12.9. The zero-order chi connectivity index (χ0) is 13.9. The lowest BCUT2D eigenvalue weighted by atomic mass is 9.99. The highest BCUT2D eigenvalue weighted by Gasteiger charge is 2.20. The summed E-state index contributed by atoms with van der Waals surface area (Å²) < 4.78 is 11.3. The van der Waals surface area contributed by atoms with Crippen LogP contribution in [0, 0.1) is 6.92 Å². The molecule has 0 saturated heterocycles. The molecule has 0 fully saturated rings. The highest BCUT2D eigenvalue weighted by atomic mass is 16.6. The topological polar surface area (TPSA) is 57.4 Å². The molecule has 104 valence electrons. The predicted molar refractivity (Wildman–Crippen MR) is 77.0 cm³/mol. The molecule has 1 unspecified atom stereocenters. The van der Waals surface area contributed by atoms with Crippen molar-refractivity contribution in [3.8, 4) is 11.5 Å². The van der Waals surface area contributed by atoms with E-state index in [1.54, 1.807) is 6.20 Å². The fourth-order valence-corrected chi connectivity index (χ4v) is 2.44. The highest BCUT2D eigenvalue weighted by molar-refractivity contribution is 5.49. The summed E-state index contributed by atoms with van der Waals surface area (Å²) in [7, 11) is 0. The average Bonchev–Trinajstić information content (AvgIpc) is 2.49. The van der Waals surface area contributed by atoms with E-state index in [0.29, 0.717) is 19.6 Å². The molecule has 2 N–H and O–H groups in total. The number of nitrogens with two attached hydrogens (primary N) is 1. The zero-order valence-corrected chi connectivity index (χ0v) is 11.5. The van der Waals surface area contributed by atoms with Gasteiger partial charge in [0.15, 0.2) is 11.5 Å². The SMILES string of the molecule is Cc1cccnc1CC(N)c1cccc2c1OCCO2. The van der Waals surface area contributed by atoms with Gasteiger partial charge in [0.1, 0.15) is 13.2 Å². The third-order valence-electron chi connectivity index (χ3n) is 3.53. The van der Waals surface area contributed by atoms with E-state index in [9.17, 15) is 0 Å². The minimum atomic E-state index is -0.153. The van der Waals surface area contributed by atoms with Crippen molar-refractivity contribution in [2.75, 3.05) is 13.2 Å². The number of hydrogen-bond acceptors (Lipinski definition) is 4. The van der Waals surface area contributed by atoms with Crippen LogP contribution in [0.3, 0.4) is 0 Å². The van der Waals surface area contributed by atoms with Gasteiger partial charge >= 0.3 is 0 Å². The Morgan fingerprint density at radius 3 is 2.90 bits per heavy atom. The molecule has 0 bridgehead atoms. The first-order chi connectivity index (χ1) is 9.75. The van der Waals surface area contributed by atoms with Crippen LogP contribution in [-0.2, 0) is 6.42 Å². The molecular weight excluding hydrogens is 252 g/mol. The van der Waals surface area contributed by atoms with Gasteiger partial charge in [-0.05, 0) is 24.6 Å². The van der Waals surface area contributed by atoms with E-state index in [1.165, 1.54) is 0 Å². The van der Waals surface area contributed by atoms with E-state index >= 15 is 0 Å². The lowest BCUT2D eigenvalue weighted by Crippen LogP contribution is -2.21. The standard InChI is InChI=1S/C16H18N2O2/c1-11-4-3-7-18-14(11)10-13(17)12-5-2-6-15-16(12)20-9-8-19-15/h2-7,13H,8-10,17H2,1H3. The number of nitrogens with zero attached hydrogens (tertiary/aromatic N) is 1. The maximum atomic E-state index is 6.34. The molecule has 1 aromatic carbocycles. The van der Waals surface area contributed by atoms with E-state index < -0.39 is 0 Å². The van der Waals surface area contributed by atoms with Crippen LogP contribution in [0.1, 0.15) is 22.9 Å². The predicted octanol–water partition coefficient (Wildman–Crippen LogP) is 2.40. The summed E-state index contributed by atoms with van der Waals surface area (Å²) in [5.74, 6) is 1.56. The summed E-state index contributed by atoms with van der Waals surface area (Å²) in [6, 6.07) is 9.70. The molecule has 1 atom stereocenters. The number of aryl methyl sites for hydroxylation is 1. The highest BCUT2D eigenvalue weighted by Crippen LogP contribution is 2.37. The van der Waals surface area contributed by atoms with Crippen LogP contribution < -0.4 is 15.2 Å². The molecule has 3 rings (SSSR count). The molecule has 20 heavy (non-hydrogen) atoms. The number of para-hydroxylation sites is 1. The Labute approximate surface area is 118 Å². The molecule has 0 aliphatic carbocycles. The van der Waals surface area contributed by atoms with Gasteiger partial charge < -0.3 is 15.2 Å². The quantitative estimate of drug-likeness (QED) is 0.930. The number of benzene rings is 1. The molecule has 0 saturated carbocycles. The van der Waals surface area contributed by atoms with Crippen LogP contribution in [0.5, 0.6) is 11.5 Å². The molecule has 4 heteroatoms. The monoisotopic (exact) mass is 270 g/mol. The second-order valence-corrected chi connectivity index (χ2v) is 4.95. The van der Waals surface area contributed by atoms with Crippen molar-refractivity contribution in [1.82, 2.24) is 4.98 Å². The number of hydrogen-bond donors (Lipinski definition) is 1. The van der Waals surface area contributed by atoms with Crippen molar-refractivity contribution in [3.05, 3.63) is 53.3 Å². The van der Waals surface area contributed by atoms with Crippen LogP contribution in [-0.4, -0.2) is 18.2 Å². The van der Waals surface area contributed by atoms with Crippen LogP contribution in [0.25, 0.3) is 0 Å². The zero-order valence-electron chi connectivity index (χ0n) is 11.5. The first-order valence-electron chi connectivity index (χ1n) is 6.80. The molecule has 1 aliphatic rings. The first-order valence-corrected chi connectivity index (χ1v) is 6.80. The van der Waals surface area contributed by atoms with E-state index in [0.717, 1.165) is 28.3 Å². The minimum absolute atomic E-state index is 0.153. The van der Waals surface area contributed by atoms with Crippen molar-refractivity contribution in [2.45, 2.75) is 19.4 Å². The molecule has 0 radical (unpaired) electrons. The van der Waals surface area contributed by atoms with Gasteiger partial charge in [-0.25, -0.2) is 0 Å². The normalized spacial score (nSPS) is 14.9. The second-order valence-electron chi connectivity index (χ2n) is 4.95. The lowest BCUT2D eigenvalue weighted by Gasteiger charge is -2.23. The minimum Gasteiger partial charge on any atom is -0.486 e. The van der Waals surface area contributed by atoms with E-state index in [1.807, 2.05) is 24.3 Å². The van der Waals surface area contributed by atoms with Gasteiger partial charge in [0.25, 0.3) is 0 Å². The van der Waals surface area contributed by atoms with Crippen LogP contribution >= 0.6 is 0 Å². The molecule has 0 spiro atoms. The molecule has 1 aliphatic heterocycles. The van der Waals surface area contributed by atoms with Gasteiger partial charge in [-0.2, -0.15) is 0 Å². The molecular formula is C16H18N2O2. The number of rotatable bonds is 3. The summed E-state index contributed by atoms with van der Waals surface area (Å²) >= 11 is 0. The summed E-state index contributed by atoms with van der Waals surface area (Å²) in [5.41, 5.74) is 9.50. The summed E-state index contributed by atoms with van der Waals surface area (Å²) in [6.07, 6.45) is 2.49. The summed E-state index contributed by atoms with van der Waals surface area (Å²) in [4.78, 5) is 4.40. The number of fused-ring (bicyclic) bond motifs is 1. The van der Waals surface area contributed by atoms with E-state index in [4.69, 9.17) is 15.2 Å². The molecule has 2 heterocycles. The van der Waals surface area contributed by atoms with Crippen molar-refractivity contribution in [3.63, 3.8) is 0 Å². The fourth-order valence-electron chi connectivity index (χ4n) is 2.44.